The summed E-state index contributed by atoms with van der Waals surface area (Å²) >= 11 is 5.93. The first-order valence-corrected chi connectivity index (χ1v) is 9.06. The highest BCUT2D eigenvalue weighted by Crippen LogP contribution is 2.32. The van der Waals surface area contributed by atoms with Crippen molar-refractivity contribution in [2.45, 2.75) is 12.3 Å². The lowest BCUT2D eigenvalue weighted by Crippen LogP contribution is -2.24. The first-order valence-electron chi connectivity index (χ1n) is 8.68. The van der Waals surface area contributed by atoms with Crippen LogP contribution < -0.4 is 9.80 Å². The Morgan fingerprint density at radius 2 is 1.81 bits per heavy atom. The largest absolute Gasteiger partial charge is 0.378 e. The zero-order valence-corrected chi connectivity index (χ0v) is 15.8. The van der Waals surface area contributed by atoms with Gasteiger partial charge in [0.25, 0.3) is 5.89 Å². The van der Waals surface area contributed by atoms with Crippen molar-refractivity contribution in [1.82, 2.24) is 10.1 Å². The van der Waals surface area contributed by atoms with Crippen LogP contribution in [-0.2, 0) is 4.79 Å². The van der Waals surface area contributed by atoms with Gasteiger partial charge in [0.1, 0.15) is 0 Å². The van der Waals surface area contributed by atoms with Gasteiger partial charge in [0.15, 0.2) is 5.82 Å². The quantitative estimate of drug-likeness (QED) is 0.683. The van der Waals surface area contributed by atoms with Crippen LogP contribution in [0.3, 0.4) is 0 Å². The van der Waals surface area contributed by atoms with Crippen LogP contribution in [0.2, 0.25) is 5.02 Å². The molecule has 1 atom stereocenters. The molecule has 1 saturated heterocycles. The Morgan fingerprint density at radius 3 is 2.48 bits per heavy atom. The maximum Gasteiger partial charge on any atom is 0.257 e. The Kier molecular flexibility index (Phi) is 4.58. The molecule has 6 nitrogen and oxygen atoms in total. The number of halogens is 1. The third-order valence-corrected chi connectivity index (χ3v) is 4.95. The van der Waals surface area contributed by atoms with Crippen LogP contribution in [0.15, 0.2) is 53.1 Å². The normalized spacial score (nSPS) is 16.8. The average Bonchev–Trinajstić information content (AvgIpc) is 3.29. The Morgan fingerprint density at radius 1 is 1.11 bits per heavy atom. The number of rotatable bonds is 4. The highest BCUT2D eigenvalue weighted by molar-refractivity contribution is 6.30. The lowest BCUT2D eigenvalue weighted by atomic mass is 10.1. The van der Waals surface area contributed by atoms with E-state index in [1.54, 1.807) is 17.0 Å². The third-order valence-electron chi connectivity index (χ3n) is 4.70. The molecule has 4 rings (SSSR count). The molecule has 1 aromatic heterocycles. The van der Waals surface area contributed by atoms with E-state index in [2.05, 4.69) is 10.1 Å². The van der Waals surface area contributed by atoms with Crippen molar-refractivity contribution in [3.05, 3.63) is 59.4 Å². The summed E-state index contributed by atoms with van der Waals surface area (Å²) in [7, 11) is 3.98. The maximum atomic E-state index is 12.4. The van der Waals surface area contributed by atoms with Crippen LogP contribution in [0.4, 0.5) is 11.4 Å². The Bertz CT molecular complexity index is 951. The van der Waals surface area contributed by atoms with Gasteiger partial charge in [-0.2, -0.15) is 4.98 Å². The molecule has 2 heterocycles. The molecule has 1 amide bonds. The summed E-state index contributed by atoms with van der Waals surface area (Å²) < 4.78 is 5.43. The van der Waals surface area contributed by atoms with E-state index in [9.17, 15) is 4.79 Å². The van der Waals surface area contributed by atoms with Gasteiger partial charge < -0.3 is 14.3 Å². The van der Waals surface area contributed by atoms with Crippen molar-refractivity contribution in [2.75, 3.05) is 30.4 Å². The molecule has 1 aliphatic heterocycles. The second-order valence-corrected chi connectivity index (χ2v) is 7.22. The van der Waals surface area contributed by atoms with Crippen LogP contribution in [0.25, 0.3) is 11.5 Å². The summed E-state index contributed by atoms with van der Waals surface area (Å²) in [6.07, 6.45) is 0.362. The minimum absolute atomic E-state index is 0.0454. The zero-order chi connectivity index (χ0) is 19.0. The van der Waals surface area contributed by atoms with E-state index in [0.717, 1.165) is 16.9 Å². The van der Waals surface area contributed by atoms with Crippen molar-refractivity contribution in [3.63, 3.8) is 0 Å². The molecule has 0 saturated carbocycles. The Hall–Kier alpha value is -2.86. The van der Waals surface area contributed by atoms with Crippen LogP contribution in [0.5, 0.6) is 0 Å². The number of carbonyl (C=O) groups excluding carboxylic acids is 1. The van der Waals surface area contributed by atoms with Crippen LogP contribution >= 0.6 is 11.6 Å². The zero-order valence-electron chi connectivity index (χ0n) is 15.1. The van der Waals surface area contributed by atoms with Crippen molar-refractivity contribution < 1.29 is 9.32 Å². The van der Waals surface area contributed by atoms with Crippen molar-refractivity contribution in [3.8, 4) is 11.5 Å². The van der Waals surface area contributed by atoms with E-state index in [4.69, 9.17) is 16.1 Å². The summed E-state index contributed by atoms with van der Waals surface area (Å²) in [5.41, 5.74) is 2.78. The van der Waals surface area contributed by atoms with Crippen LogP contribution in [-0.4, -0.2) is 36.7 Å². The second kappa shape index (κ2) is 7.04. The van der Waals surface area contributed by atoms with E-state index in [1.807, 2.05) is 55.4 Å². The standard InChI is InChI=1S/C20H19ClN4O2/c1-24(2)16-7-3-13(4-8-16)20-22-19(23-27-20)14-11-18(26)25(12-14)17-9-5-15(21)6-10-17/h3-10,14H,11-12H2,1-2H3. The fourth-order valence-electron chi connectivity index (χ4n) is 3.17. The van der Waals surface area contributed by atoms with E-state index in [1.165, 1.54) is 0 Å². The number of aromatic nitrogens is 2. The maximum absolute atomic E-state index is 12.4. The summed E-state index contributed by atoms with van der Waals surface area (Å²) in [6.45, 7) is 0.527. The van der Waals surface area contributed by atoms with Crippen LogP contribution in [0, 0.1) is 0 Å². The number of amides is 1. The number of benzene rings is 2. The topological polar surface area (TPSA) is 62.5 Å². The summed E-state index contributed by atoms with van der Waals surface area (Å²) in [4.78, 5) is 20.7. The van der Waals surface area contributed by atoms with Crippen molar-refractivity contribution in [2.24, 2.45) is 0 Å². The van der Waals surface area contributed by atoms with E-state index in [0.29, 0.717) is 29.7 Å². The van der Waals surface area contributed by atoms with E-state index in [-0.39, 0.29) is 11.8 Å². The molecule has 7 heteroatoms. The lowest BCUT2D eigenvalue weighted by molar-refractivity contribution is -0.117. The molecule has 3 aromatic rings. The molecule has 2 aromatic carbocycles. The molecule has 1 aliphatic rings. The van der Waals surface area contributed by atoms with Gasteiger partial charge in [-0.15, -0.1) is 0 Å². The number of carbonyl (C=O) groups is 1. The smallest absolute Gasteiger partial charge is 0.257 e. The molecule has 27 heavy (non-hydrogen) atoms. The molecule has 0 radical (unpaired) electrons. The van der Waals surface area contributed by atoms with Gasteiger partial charge in [0.2, 0.25) is 5.91 Å². The molecule has 0 bridgehead atoms. The molecule has 1 unspecified atom stereocenters. The molecule has 0 N–H and O–H groups in total. The number of nitrogens with zero attached hydrogens (tertiary/aromatic N) is 4. The highest BCUT2D eigenvalue weighted by atomic mass is 35.5. The lowest BCUT2D eigenvalue weighted by Gasteiger charge is -2.16. The van der Waals surface area contributed by atoms with Crippen LogP contribution in [0.1, 0.15) is 18.2 Å². The van der Waals surface area contributed by atoms with Gasteiger partial charge in [0, 0.05) is 54.9 Å². The monoisotopic (exact) mass is 382 g/mol. The van der Waals surface area contributed by atoms with Gasteiger partial charge in [0.05, 0.1) is 0 Å². The minimum atomic E-state index is -0.0910. The molecule has 0 aliphatic carbocycles. The fraction of sp³-hybridized carbons (Fsp3) is 0.250. The molecule has 1 fully saturated rings. The Balaban J connectivity index is 1.52. The number of hydrogen-bond donors (Lipinski definition) is 0. The molecule has 138 valence electrons. The first-order chi connectivity index (χ1) is 13.0. The summed E-state index contributed by atoms with van der Waals surface area (Å²) in [6, 6.07) is 15.1. The number of anilines is 2. The number of hydrogen-bond acceptors (Lipinski definition) is 5. The van der Waals surface area contributed by atoms with Gasteiger partial charge in [-0.05, 0) is 48.5 Å². The van der Waals surface area contributed by atoms with Gasteiger partial charge >= 0.3 is 0 Å². The summed E-state index contributed by atoms with van der Waals surface area (Å²) in [5, 5.41) is 4.76. The molecule has 0 spiro atoms. The Labute approximate surface area is 162 Å². The third kappa shape index (κ3) is 3.53. The minimum Gasteiger partial charge on any atom is -0.378 e. The first kappa shape index (κ1) is 17.5. The SMILES string of the molecule is CN(C)c1ccc(-c2nc(C3CC(=O)N(c4ccc(Cl)cc4)C3)no2)cc1. The predicted molar refractivity (Wildman–Crippen MR) is 105 cm³/mol. The average molecular weight is 383 g/mol. The van der Waals surface area contributed by atoms with E-state index < -0.39 is 0 Å². The fourth-order valence-corrected chi connectivity index (χ4v) is 3.30. The molecular formula is C20H19ClN4O2. The van der Waals surface area contributed by atoms with Gasteiger partial charge in [-0.1, -0.05) is 16.8 Å². The predicted octanol–water partition coefficient (Wildman–Crippen LogP) is 3.98. The van der Waals surface area contributed by atoms with Gasteiger partial charge in [-0.3, -0.25) is 4.79 Å². The van der Waals surface area contributed by atoms with Crippen molar-refractivity contribution in [1.29, 1.82) is 0 Å². The van der Waals surface area contributed by atoms with Gasteiger partial charge in [-0.25, -0.2) is 0 Å². The second-order valence-electron chi connectivity index (χ2n) is 6.78. The molecular weight excluding hydrogens is 364 g/mol. The van der Waals surface area contributed by atoms with Crippen molar-refractivity contribution >= 4 is 28.9 Å². The summed E-state index contributed by atoms with van der Waals surface area (Å²) in [5.74, 6) is 0.981. The highest BCUT2D eigenvalue weighted by Gasteiger charge is 2.34. The van der Waals surface area contributed by atoms with E-state index >= 15 is 0 Å².